The number of aliphatic hydroxyl groups excluding tert-OH is 1. The molecule has 1 nitrogen and oxygen atoms in total. The Morgan fingerprint density at radius 2 is 0.969 bits per heavy atom. The van der Waals surface area contributed by atoms with Gasteiger partial charge in [0.2, 0.25) is 0 Å². The number of hydrogen-bond donors (Lipinski definition) is 1. The zero-order chi connectivity index (χ0) is 24.2. The Morgan fingerprint density at radius 3 is 1.47 bits per heavy atom. The van der Waals surface area contributed by atoms with Crippen molar-refractivity contribution in [3.63, 3.8) is 0 Å². The van der Waals surface area contributed by atoms with Gasteiger partial charge in [0.25, 0.3) is 0 Å². The third kappa shape index (κ3) is 20.1. The van der Waals surface area contributed by atoms with Gasteiger partial charge >= 0.3 is 0 Å². The van der Waals surface area contributed by atoms with Gasteiger partial charge in [-0.05, 0) is 124 Å². The first-order chi connectivity index (χ1) is 15.2. The molecule has 0 aromatic heterocycles. The van der Waals surface area contributed by atoms with Crippen LogP contribution in [0.5, 0.6) is 0 Å². The summed E-state index contributed by atoms with van der Waals surface area (Å²) in [4.78, 5) is 0. The molecule has 0 rings (SSSR count). The molecule has 0 bridgehead atoms. The summed E-state index contributed by atoms with van der Waals surface area (Å²) in [6.45, 7) is 15.4. The third-order valence-corrected chi connectivity index (χ3v) is 5.57. The van der Waals surface area contributed by atoms with Crippen LogP contribution in [0.1, 0.15) is 113 Å². The van der Waals surface area contributed by atoms with Gasteiger partial charge in [-0.3, -0.25) is 0 Å². The first kappa shape index (κ1) is 30.2. The Bertz CT molecular complexity index is 726. The summed E-state index contributed by atoms with van der Waals surface area (Å²) in [5.74, 6) is 0. The highest BCUT2D eigenvalue weighted by molar-refractivity contribution is 5.07. The van der Waals surface area contributed by atoms with E-state index in [1.807, 2.05) is 6.92 Å². The molecular formula is C31H50O. The summed E-state index contributed by atoms with van der Waals surface area (Å²) >= 11 is 0. The molecule has 0 heterocycles. The Hall–Kier alpha value is -1.82. The van der Waals surface area contributed by atoms with Gasteiger partial charge in [0.05, 0.1) is 6.61 Å². The third-order valence-electron chi connectivity index (χ3n) is 5.57. The lowest BCUT2D eigenvalue weighted by Gasteiger charge is -2.01. The summed E-state index contributed by atoms with van der Waals surface area (Å²) in [7, 11) is 0. The highest BCUT2D eigenvalue weighted by Crippen LogP contribution is 2.13. The second-order valence-electron chi connectivity index (χ2n) is 9.50. The van der Waals surface area contributed by atoms with Crippen molar-refractivity contribution in [2.24, 2.45) is 0 Å². The van der Waals surface area contributed by atoms with Gasteiger partial charge in [-0.2, -0.15) is 0 Å². The smallest absolute Gasteiger partial charge is 0.0639 e. The summed E-state index contributed by atoms with van der Waals surface area (Å²) in [6.07, 6.45) is 24.9. The minimum atomic E-state index is 0.172. The molecule has 1 N–H and O–H groups in total. The molecular weight excluding hydrogens is 388 g/mol. The van der Waals surface area contributed by atoms with Gasteiger partial charge in [0.1, 0.15) is 0 Å². The quantitative estimate of drug-likeness (QED) is 0.144. The Kier molecular flexibility index (Phi) is 18.7. The van der Waals surface area contributed by atoms with Crippen molar-refractivity contribution in [3.05, 3.63) is 75.6 Å². The van der Waals surface area contributed by atoms with Crippen molar-refractivity contribution in [1.82, 2.24) is 0 Å². The van der Waals surface area contributed by atoms with E-state index in [1.165, 1.54) is 34.3 Å². The second kappa shape index (κ2) is 19.8. The number of hydrogen-bond acceptors (Lipinski definition) is 1. The maximum Gasteiger partial charge on any atom is 0.0639 e. The zero-order valence-corrected chi connectivity index (χ0v) is 22.2. The molecule has 1 heteroatoms. The van der Waals surface area contributed by atoms with Gasteiger partial charge in [-0.15, -0.1) is 5.73 Å². The van der Waals surface area contributed by atoms with E-state index in [9.17, 15) is 0 Å². The van der Waals surface area contributed by atoms with Crippen molar-refractivity contribution in [3.8, 4) is 0 Å². The molecule has 0 fully saturated rings. The fourth-order valence-electron chi connectivity index (χ4n) is 3.32. The zero-order valence-electron chi connectivity index (χ0n) is 22.2. The van der Waals surface area contributed by atoms with Crippen LogP contribution in [0.3, 0.4) is 0 Å². The van der Waals surface area contributed by atoms with E-state index in [1.54, 1.807) is 0 Å². The van der Waals surface area contributed by atoms with Crippen molar-refractivity contribution >= 4 is 0 Å². The standard InChI is InChI=1S/C31H50O/c1-26(2)15-11-18-29(5)21-12-19-27(3)16-9-8-10-17-28(4)20-13-22-30(6)23-14-24-31(7)25-32/h9,15,17,21-22,24,32H,8,10-14,18-20,23,25H2,1-7H3/b28-17+,29-21+,30-22+,31-24-. The Morgan fingerprint density at radius 1 is 0.531 bits per heavy atom. The molecule has 0 saturated carbocycles. The van der Waals surface area contributed by atoms with Crippen molar-refractivity contribution in [1.29, 1.82) is 0 Å². The summed E-state index contributed by atoms with van der Waals surface area (Å²) in [5, 5.41) is 9.02. The predicted molar refractivity (Wildman–Crippen MR) is 145 cm³/mol. The van der Waals surface area contributed by atoms with Gasteiger partial charge in [0.15, 0.2) is 0 Å². The van der Waals surface area contributed by atoms with Crippen molar-refractivity contribution < 1.29 is 5.11 Å². The fraction of sp³-hybridized carbons (Fsp3) is 0.581. The van der Waals surface area contributed by atoms with Crippen LogP contribution in [0.4, 0.5) is 0 Å². The number of unbranched alkanes of at least 4 members (excludes halogenated alkanes) is 1. The lowest BCUT2D eigenvalue weighted by atomic mass is 10.1. The lowest BCUT2D eigenvalue weighted by Crippen LogP contribution is -1.84. The minimum absolute atomic E-state index is 0.172. The van der Waals surface area contributed by atoms with Crippen LogP contribution in [0, 0.1) is 0 Å². The molecule has 0 saturated heterocycles. The molecule has 180 valence electrons. The average molecular weight is 439 g/mol. The normalized spacial score (nSPS) is 13.1. The summed E-state index contributed by atoms with van der Waals surface area (Å²) in [6, 6.07) is 0. The van der Waals surface area contributed by atoms with Crippen LogP contribution < -0.4 is 0 Å². The van der Waals surface area contributed by atoms with Gasteiger partial charge < -0.3 is 5.11 Å². The van der Waals surface area contributed by atoms with Crippen LogP contribution in [0.2, 0.25) is 0 Å². The Balaban J connectivity index is 4.14. The maximum absolute atomic E-state index is 9.02. The number of aliphatic hydroxyl groups is 1. The minimum Gasteiger partial charge on any atom is -0.392 e. The molecule has 0 amide bonds. The summed E-state index contributed by atoms with van der Waals surface area (Å²) in [5.41, 5.74) is 11.7. The van der Waals surface area contributed by atoms with E-state index in [0.717, 1.165) is 63.4 Å². The Labute approximate surface area is 200 Å². The molecule has 0 aliphatic rings. The lowest BCUT2D eigenvalue weighted by molar-refractivity contribution is 0.331. The first-order valence-electron chi connectivity index (χ1n) is 12.5. The van der Waals surface area contributed by atoms with Crippen LogP contribution in [-0.4, -0.2) is 11.7 Å². The molecule has 0 aliphatic heterocycles. The van der Waals surface area contributed by atoms with E-state index in [0.29, 0.717) is 0 Å². The SMILES string of the molecule is CC(=C=CCC/C=C(\C)CC/C=C(\C)CC/C=C(/C)CO)CC/C=C(\C)CCC=C(C)C. The first-order valence-corrected chi connectivity index (χ1v) is 12.5. The molecule has 0 aromatic carbocycles. The summed E-state index contributed by atoms with van der Waals surface area (Å²) < 4.78 is 0. The van der Waals surface area contributed by atoms with E-state index in [2.05, 4.69) is 83.7 Å². The highest BCUT2D eigenvalue weighted by Gasteiger charge is 1.93. The monoisotopic (exact) mass is 438 g/mol. The van der Waals surface area contributed by atoms with Crippen LogP contribution >= 0.6 is 0 Å². The van der Waals surface area contributed by atoms with E-state index in [-0.39, 0.29) is 6.61 Å². The van der Waals surface area contributed by atoms with E-state index >= 15 is 0 Å². The highest BCUT2D eigenvalue weighted by atomic mass is 16.3. The van der Waals surface area contributed by atoms with Gasteiger partial charge in [0, 0.05) is 0 Å². The van der Waals surface area contributed by atoms with Crippen LogP contribution in [0.15, 0.2) is 75.6 Å². The number of allylic oxidation sites excluding steroid dienone is 10. The van der Waals surface area contributed by atoms with E-state index < -0.39 is 0 Å². The fourth-order valence-corrected chi connectivity index (χ4v) is 3.32. The van der Waals surface area contributed by atoms with Gasteiger partial charge in [-0.1, -0.05) is 58.2 Å². The van der Waals surface area contributed by atoms with Crippen LogP contribution in [-0.2, 0) is 0 Å². The molecule has 0 aliphatic carbocycles. The maximum atomic E-state index is 9.02. The molecule has 0 radical (unpaired) electrons. The van der Waals surface area contributed by atoms with E-state index in [4.69, 9.17) is 5.11 Å². The number of rotatable bonds is 16. The van der Waals surface area contributed by atoms with Crippen molar-refractivity contribution in [2.45, 2.75) is 113 Å². The second-order valence-corrected chi connectivity index (χ2v) is 9.50. The van der Waals surface area contributed by atoms with Gasteiger partial charge in [-0.25, -0.2) is 0 Å². The topological polar surface area (TPSA) is 20.2 Å². The molecule has 0 spiro atoms. The van der Waals surface area contributed by atoms with Crippen molar-refractivity contribution in [2.75, 3.05) is 6.61 Å². The predicted octanol–water partition coefficient (Wildman–Crippen LogP) is 9.73. The average Bonchev–Trinajstić information content (AvgIpc) is 2.73. The van der Waals surface area contributed by atoms with Crippen LogP contribution in [0.25, 0.3) is 0 Å². The molecule has 0 atom stereocenters. The molecule has 32 heavy (non-hydrogen) atoms. The largest absolute Gasteiger partial charge is 0.392 e. The molecule has 0 unspecified atom stereocenters. The molecule has 0 aromatic rings.